The van der Waals surface area contributed by atoms with Gasteiger partial charge in [-0.1, -0.05) is 34.6 Å². The molecule has 4 saturated heterocycles. The molecule has 0 unspecified atom stereocenters. The summed E-state index contributed by atoms with van der Waals surface area (Å²) in [7, 11) is 6.75. The standard InChI is InChI=1S/C24H35N11O2.C22H32N10O.C3H6ClNO/c1-16(2)15-35-21-18(28-23(35)33-5-7-34(8-6-33)24(36)31(3)4)20(32-9-11-37-12-10-32)29-19(30-21)17-13-26-22(25)27-14-17;1-22(2,3)14-32-19-16(27-21(32)31-6-4-24-5-7-31)18(30-8-10-33-11-9-30)28-17(29-19)15-12-25-20(23)26-13-15;1-5(2)3(4)6/h13-14,16H,5-12,15H2,1-4H3,(H2,25,26,27);12-13,24H,4-11,14H2,1-3H3,(H2,23,25,26);1-2H3. The molecule has 410 valence electrons. The number of carbonyl (C=O) groups excluding carboxylic acids is 2. The van der Waals surface area contributed by atoms with Gasteiger partial charge in [0.2, 0.25) is 23.8 Å². The van der Waals surface area contributed by atoms with Gasteiger partial charge in [-0.05, 0) is 22.9 Å². The highest BCUT2D eigenvalue weighted by Crippen LogP contribution is 2.35. The normalized spacial score (nSPS) is 16.4. The fourth-order valence-electron chi connectivity index (χ4n) is 8.99. The first-order chi connectivity index (χ1) is 36.3. The van der Waals surface area contributed by atoms with Crippen molar-refractivity contribution in [2.75, 3.05) is 164 Å². The second-order valence-corrected chi connectivity index (χ2v) is 21.3. The third-order valence-electron chi connectivity index (χ3n) is 12.7. The molecule has 27 heteroatoms. The molecular formula is C49H73ClN22O4. The number of rotatable bonds is 9. The van der Waals surface area contributed by atoms with E-state index >= 15 is 0 Å². The number of amides is 3. The van der Waals surface area contributed by atoms with E-state index in [9.17, 15) is 9.59 Å². The summed E-state index contributed by atoms with van der Waals surface area (Å²) < 4.78 is 15.6. The number of ether oxygens (including phenoxy) is 2. The highest BCUT2D eigenvalue weighted by Gasteiger charge is 2.31. The third kappa shape index (κ3) is 13.3. The van der Waals surface area contributed by atoms with E-state index in [1.54, 1.807) is 57.9 Å². The van der Waals surface area contributed by atoms with Gasteiger partial charge in [-0.2, -0.15) is 0 Å². The van der Waals surface area contributed by atoms with Crippen molar-refractivity contribution in [2.45, 2.75) is 47.7 Å². The van der Waals surface area contributed by atoms with Gasteiger partial charge in [0.15, 0.2) is 45.6 Å². The van der Waals surface area contributed by atoms with Gasteiger partial charge < -0.3 is 60.6 Å². The minimum atomic E-state index is -0.435. The van der Waals surface area contributed by atoms with Crippen molar-refractivity contribution in [3.8, 4) is 22.8 Å². The fourth-order valence-corrected chi connectivity index (χ4v) is 8.99. The number of nitrogens with zero attached hydrogens (tertiary/aromatic N) is 19. The van der Waals surface area contributed by atoms with Crippen LogP contribution in [-0.4, -0.2) is 218 Å². The van der Waals surface area contributed by atoms with Crippen molar-refractivity contribution in [3.63, 3.8) is 0 Å². The van der Waals surface area contributed by atoms with Gasteiger partial charge in [0.1, 0.15) is 0 Å². The molecule has 4 aliphatic heterocycles. The van der Waals surface area contributed by atoms with E-state index in [-0.39, 0.29) is 23.3 Å². The average Bonchev–Trinajstić information content (AvgIpc) is 3.96. The summed E-state index contributed by atoms with van der Waals surface area (Å²) in [5.74, 6) is 5.34. The number of hydrogen-bond donors (Lipinski definition) is 3. The van der Waals surface area contributed by atoms with Crippen LogP contribution in [0.1, 0.15) is 34.6 Å². The summed E-state index contributed by atoms with van der Waals surface area (Å²) in [6.45, 7) is 24.5. The first kappa shape index (κ1) is 55.2. The van der Waals surface area contributed by atoms with Crippen LogP contribution in [-0.2, 0) is 22.6 Å². The molecule has 0 saturated carbocycles. The number of piperazine rings is 2. The van der Waals surface area contributed by atoms with Crippen molar-refractivity contribution in [2.24, 2.45) is 11.3 Å². The lowest BCUT2D eigenvalue weighted by molar-refractivity contribution is 0.122. The molecule has 0 radical (unpaired) electrons. The van der Waals surface area contributed by atoms with Gasteiger partial charge in [-0.25, -0.2) is 54.6 Å². The highest BCUT2D eigenvalue weighted by molar-refractivity contribution is 6.62. The molecule has 26 nitrogen and oxygen atoms in total. The van der Waals surface area contributed by atoms with Crippen molar-refractivity contribution in [3.05, 3.63) is 24.8 Å². The largest absolute Gasteiger partial charge is 0.378 e. The number of fused-ring (bicyclic) bond motifs is 2. The lowest BCUT2D eigenvalue weighted by Crippen LogP contribution is -2.52. The smallest absolute Gasteiger partial charge is 0.319 e. The monoisotopic (exact) mass is 1070 g/mol. The van der Waals surface area contributed by atoms with E-state index in [1.165, 1.54) is 4.90 Å². The Hall–Kier alpha value is -7.03. The first-order valence-electron chi connectivity index (χ1n) is 25.8. The Labute approximate surface area is 448 Å². The average molecular weight is 1070 g/mol. The Morgan fingerprint density at radius 3 is 1.45 bits per heavy atom. The summed E-state index contributed by atoms with van der Waals surface area (Å²) in [6, 6.07) is 0.0335. The van der Waals surface area contributed by atoms with Gasteiger partial charge in [0.05, 0.1) is 37.6 Å². The topological polar surface area (TPSA) is 278 Å². The number of morpholine rings is 2. The molecule has 3 amide bonds. The summed E-state index contributed by atoms with van der Waals surface area (Å²) in [5, 5.41) is 3.00. The van der Waals surface area contributed by atoms with Crippen LogP contribution in [0.2, 0.25) is 0 Å². The van der Waals surface area contributed by atoms with E-state index in [0.717, 1.165) is 117 Å². The number of nitrogens with two attached hydrogens (primary N) is 2. The summed E-state index contributed by atoms with van der Waals surface area (Å²) in [5.41, 5.74) is 16.1. The molecule has 10 rings (SSSR count). The van der Waals surface area contributed by atoms with Gasteiger partial charge in [-0.3, -0.25) is 13.9 Å². The zero-order valence-corrected chi connectivity index (χ0v) is 46.0. The highest BCUT2D eigenvalue weighted by atomic mass is 35.5. The van der Waals surface area contributed by atoms with Crippen LogP contribution in [0.15, 0.2) is 24.8 Å². The summed E-state index contributed by atoms with van der Waals surface area (Å²) in [6.07, 6.45) is 6.65. The number of carbonyl (C=O) groups is 2. The van der Waals surface area contributed by atoms with Gasteiger partial charge in [0, 0.05) is 145 Å². The van der Waals surface area contributed by atoms with E-state index in [4.69, 9.17) is 62.4 Å². The zero-order valence-electron chi connectivity index (χ0n) is 45.3. The molecule has 10 heterocycles. The number of imidazole rings is 2. The molecule has 6 aromatic heterocycles. The van der Waals surface area contributed by atoms with Gasteiger partial charge in [0.25, 0.3) is 0 Å². The van der Waals surface area contributed by atoms with Crippen molar-refractivity contribution < 1.29 is 19.1 Å². The van der Waals surface area contributed by atoms with Gasteiger partial charge in [-0.15, -0.1) is 0 Å². The van der Waals surface area contributed by atoms with E-state index < -0.39 is 5.37 Å². The van der Waals surface area contributed by atoms with Crippen LogP contribution in [0.5, 0.6) is 0 Å². The minimum Gasteiger partial charge on any atom is -0.378 e. The third-order valence-corrected chi connectivity index (χ3v) is 13.1. The number of hydrogen-bond acceptors (Lipinski definition) is 21. The van der Waals surface area contributed by atoms with Crippen molar-refractivity contribution in [1.29, 1.82) is 0 Å². The number of aromatic nitrogens is 12. The molecule has 4 aliphatic rings. The van der Waals surface area contributed by atoms with Crippen LogP contribution in [0.25, 0.3) is 45.1 Å². The lowest BCUT2D eigenvalue weighted by Gasteiger charge is -2.36. The molecule has 0 aromatic carbocycles. The number of halogens is 1. The lowest BCUT2D eigenvalue weighted by atomic mass is 9.97. The number of nitrogens with one attached hydrogen (secondary N) is 1. The Kier molecular flexibility index (Phi) is 17.7. The predicted octanol–water partition coefficient (Wildman–Crippen LogP) is 3.23. The maximum atomic E-state index is 12.5. The first-order valence-corrected chi connectivity index (χ1v) is 26.1. The summed E-state index contributed by atoms with van der Waals surface area (Å²) in [4.78, 5) is 82.9. The molecule has 0 bridgehead atoms. The predicted molar refractivity (Wildman–Crippen MR) is 295 cm³/mol. The van der Waals surface area contributed by atoms with Crippen LogP contribution in [0.3, 0.4) is 0 Å². The van der Waals surface area contributed by atoms with Crippen LogP contribution in [0.4, 0.5) is 45.0 Å². The maximum absolute atomic E-state index is 12.5. The molecule has 0 atom stereocenters. The molecule has 5 N–H and O–H groups in total. The number of urea groups is 1. The molecule has 76 heavy (non-hydrogen) atoms. The van der Waals surface area contributed by atoms with E-state index in [2.05, 4.69) is 88.6 Å². The van der Waals surface area contributed by atoms with E-state index in [0.29, 0.717) is 75.7 Å². The Morgan fingerprint density at radius 2 is 1.04 bits per heavy atom. The molecule has 0 spiro atoms. The van der Waals surface area contributed by atoms with Crippen LogP contribution in [0, 0.1) is 11.3 Å². The summed E-state index contributed by atoms with van der Waals surface area (Å²) >= 11 is 4.90. The van der Waals surface area contributed by atoms with Crippen molar-refractivity contribution >= 4 is 80.8 Å². The SMILES string of the molecule is CC(C)(C)Cn1c(N2CCNCC2)nc2c(N3CCOCC3)nc(-c3cnc(N)nc3)nc21.CC(C)Cn1c(N2CCN(C(=O)N(C)C)CC2)nc2c(N3CCOCC3)nc(-c3cnc(N)nc3)nc21.CN(C)C(=O)Cl. The second-order valence-electron chi connectivity index (χ2n) is 21.0. The molecular weight excluding hydrogens is 996 g/mol. The Balaban J connectivity index is 0.000000183. The Morgan fingerprint density at radius 1 is 0.618 bits per heavy atom. The zero-order chi connectivity index (χ0) is 54.3. The van der Waals surface area contributed by atoms with Crippen LogP contribution >= 0.6 is 11.6 Å². The Bertz CT molecular complexity index is 2900. The fraction of sp³-hybridized carbons (Fsp3) is 0.592. The van der Waals surface area contributed by atoms with E-state index in [1.807, 2.05) is 4.90 Å². The quantitative estimate of drug-likeness (QED) is 0.138. The van der Waals surface area contributed by atoms with Crippen LogP contribution < -0.4 is 36.4 Å². The molecule has 4 fully saturated rings. The minimum absolute atomic E-state index is 0.0335. The maximum Gasteiger partial charge on any atom is 0.319 e. The van der Waals surface area contributed by atoms with Crippen molar-refractivity contribution in [1.82, 2.24) is 79.0 Å². The number of nitrogen functional groups attached to an aromatic ring is 2. The molecule has 6 aromatic rings. The molecule has 0 aliphatic carbocycles. The second kappa shape index (κ2) is 24.3. The number of anilines is 6. The van der Waals surface area contributed by atoms with Gasteiger partial charge >= 0.3 is 11.4 Å².